The van der Waals surface area contributed by atoms with Crippen molar-refractivity contribution in [1.29, 1.82) is 0 Å². The van der Waals surface area contributed by atoms with Gasteiger partial charge in [0, 0.05) is 30.9 Å². The fraction of sp³-hybridized carbons (Fsp3) is 0.286. The standard InChI is InChI=1S/C21H18ClF2N3O4/c1-3-25-20-12(22)4-9(7-26-20)16-14(24)5-10-17(19(16)31-2)27(15-6-13(15)23)8-11(18(10)28)21(29)30/h4-5,7-8,13,15H,3,6H2,1-2H3,(H,25,26)(H,29,30)/t13-,15+/m0/s1. The number of ether oxygens (including phenoxy) is 1. The van der Waals surface area contributed by atoms with Crippen LogP contribution in [0.5, 0.6) is 5.75 Å². The molecule has 4 rings (SSSR count). The van der Waals surface area contributed by atoms with Gasteiger partial charge in [0.1, 0.15) is 23.4 Å². The van der Waals surface area contributed by atoms with Crippen molar-refractivity contribution in [2.75, 3.05) is 19.0 Å². The zero-order valence-corrected chi connectivity index (χ0v) is 17.3. The summed E-state index contributed by atoms with van der Waals surface area (Å²) in [4.78, 5) is 28.5. The van der Waals surface area contributed by atoms with Crippen molar-refractivity contribution in [3.8, 4) is 16.9 Å². The second-order valence-corrected chi connectivity index (χ2v) is 7.56. The molecule has 7 nitrogen and oxygen atoms in total. The Morgan fingerprint density at radius 1 is 1.45 bits per heavy atom. The number of nitrogens with zero attached hydrogens (tertiary/aromatic N) is 2. The van der Waals surface area contributed by atoms with Crippen LogP contribution in [-0.4, -0.2) is 40.5 Å². The van der Waals surface area contributed by atoms with Crippen LogP contribution in [0.25, 0.3) is 22.0 Å². The molecular formula is C21H18ClF2N3O4. The topological polar surface area (TPSA) is 93.5 Å². The average Bonchev–Trinajstić information content (AvgIpc) is 3.45. The minimum atomic E-state index is -1.48. The number of methoxy groups -OCH3 is 1. The molecule has 0 saturated heterocycles. The van der Waals surface area contributed by atoms with Crippen LogP contribution in [0.1, 0.15) is 29.7 Å². The number of anilines is 1. The largest absolute Gasteiger partial charge is 0.494 e. The maximum Gasteiger partial charge on any atom is 0.341 e. The van der Waals surface area contributed by atoms with Crippen molar-refractivity contribution in [3.63, 3.8) is 0 Å². The predicted octanol–water partition coefficient (Wildman–Crippen LogP) is 4.28. The Morgan fingerprint density at radius 2 is 2.16 bits per heavy atom. The second kappa shape index (κ2) is 7.81. The highest BCUT2D eigenvalue weighted by Crippen LogP contribution is 2.45. The Kier molecular flexibility index (Phi) is 5.30. The van der Waals surface area contributed by atoms with Crippen LogP contribution in [0.3, 0.4) is 0 Å². The van der Waals surface area contributed by atoms with Crippen LogP contribution in [0, 0.1) is 5.82 Å². The van der Waals surface area contributed by atoms with Crippen LogP contribution >= 0.6 is 11.6 Å². The summed E-state index contributed by atoms with van der Waals surface area (Å²) >= 11 is 6.26. The first-order valence-corrected chi connectivity index (χ1v) is 9.88. The molecule has 0 bridgehead atoms. The zero-order chi connectivity index (χ0) is 22.4. The maximum atomic E-state index is 15.2. The molecule has 1 saturated carbocycles. The van der Waals surface area contributed by atoms with Crippen LogP contribution in [0.4, 0.5) is 14.6 Å². The van der Waals surface area contributed by atoms with E-state index in [-0.39, 0.29) is 39.2 Å². The first-order valence-electron chi connectivity index (χ1n) is 9.50. The summed E-state index contributed by atoms with van der Waals surface area (Å²) in [5.41, 5.74) is -1.06. The van der Waals surface area contributed by atoms with Gasteiger partial charge in [-0.1, -0.05) is 11.6 Å². The van der Waals surface area contributed by atoms with Gasteiger partial charge in [-0.25, -0.2) is 18.6 Å². The SMILES string of the molecule is CCNc1ncc(-c2c(F)cc3c(=O)c(C(=O)O)cn([C@@H]4C[C@@H]4F)c3c2OC)cc1Cl. The third-order valence-corrected chi connectivity index (χ3v) is 5.46. The molecule has 0 amide bonds. The quantitative estimate of drug-likeness (QED) is 0.583. The number of aromatic carboxylic acids is 1. The third-order valence-electron chi connectivity index (χ3n) is 5.17. The average molecular weight is 450 g/mol. The molecule has 0 unspecified atom stereocenters. The van der Waals surface area contributed by atoms with Crippen LogP contribution in [0.2, 0.25) is 5.02 Å². The number of carboxylic acid groups (broad SMARTS) is 1. The van der Waals surface area contributed by atoms with E-state index in [0.717, 1.165) is 12.3 Å². The molecule has 2 aromatic heterocycles. The number of hydrogen-bond acceptors (Lipinski definition) is 5. The van der Waals surface area contributed by atoms with E-state index in [1.807, 2.05) is 6.92 Å². The van der Waals surface area contributed by atoms with Gasteiger partial charge in [0.25, 0.3) is 0 Å². The lowest BCUT2D eigenvalue weighted by Crippen LogP contribution is -2.20. The predicted molar refractivity (Wildman–Crippen MR) is 113 cm³/mol. The molecular weight excluding hydrogens is 432 g/mol. The Bertz CT molecular complexity index is 1280. The summed E-state index contributed by atoms with van der Waals surface area (Å²) in [6, 6.07) is 1.77. The Morgan fingerprint density at radius 3 is 2.71 bits per heavy atom. The highest BCUT2D eigenvalue weighted by atomic mass is 35.5. The van der Waals surface area contributed by atoms with Gasteiger partial charge in [0.2, 0.25) is 5.43 Å². The Labute approximate surface area is 180 Å². The molecule has 0 aliphatic heterocycles. The highest BCUT2D eigenvalue weighted by Gasteiger charge is 2.41. The zero-order valence-electron chi connectivity index (χ0n) is 16.6. The van der Waals surface area contributed by atoms with Crippen LogP contribution in [0.15, 0.2) is 29.3 Å². The van der Waals surface area contributed by atoms with Gasteiger partial charge >= 0.3 is 5.97 Å². The number of nitrogens with one attached hydrogen (secondary N) is 1. The van der Waals surface area contributed by atoms with E-state index in [1.54, 1.807) is 0 Å². The van der Waals surface area contributed by atoms with E-state index in [9.17, 15) is 19.1 Å². The number of halogens is 3. The molecule has 162 valence electrons. The van der Waals surface area contributed by atoms with E-state index < -0.39 is 35.0 Å². The smallest absolute Gasteiger partial charge is 0.341 e. The fourth-order valence-electron chi connectivity index (χ4n) is 3.65. The van der Waals surface area contributed by atoms with Crippen molar-refractivity contribution in [1.82, 2.24) is 9.55 Å². The van der Waals surface area contributed by atoms with Gasteiger partial charge in [0.15, 0.2) is 5.75 Å². The molecule has 1 aliphatic rings. The Hall–Kier alpha value is -3.20. The molecule has 2 N–H and O–H groups in total. The van der Waals surface area contributed by atoms with Crippen molar-refractivity contribution in [2.24, 2.45) is 0 Å². The van der Waals surface area contributed by atoms with E-state index >= 15 is 4.39 Å². The summed E-state index contributed by atoms with van der Waals surface area (Å²) < 4.78 is 36.0. The number of carbonyl (C=O) groups is 1. The molecule has 10 heteroatoms. The lowest BCUT2D eigenvalue weighted by molar-refractivity contribution is 0.0694. The Balaban J connectivity index is 2.06. The molecule has 3 aromatic rings. The number of benzene rings is 1. The van der Waals surface area contributed by atoms with Gasteiger partial charge < -0.3 is 19.7 Å². The van der Waals surface area contributed by atoms with Crippen molar-refractivity contribution in [3.05, 3.63) is 51.2 Å². The second-order valence-electron chi connectivity index (χ2n) is 7.15. The minimum absolute atomic E-state index is 0.0141. The van der Waals surface area contributed by atoms with Gasteiger partial charge in [-0.15, -0.1) is 0 Å². The van der Waals surface area contributed by atoms with E-state index in [2.05, 4.69) is 10.3 Å². The molecule has 2 heterocycles. The van der Waals surface area contributed by atoms with Crippen molar-refractivity contribution in [2.45, 2.75) is 25.6 Å². The summed E-state index contributed by atoms with van der Waals surface area (Å²) in [5, 5.41) is 12.4. The number of alkyl halides is 1. The highest BCUT2D eigenvalue weighted by molar-refractivity contribution is 6.33. The number of carboxylic acids is 1. The van der Waals surface area contributed by atoms with E-state index in [1.165, 1.54) is 23.9 Å². The summed E-state index contributed by atoms with van der Waals surface area (Å²) in [7, 11) is 1.29. The van der Waals surface area contributed by atoms with Gasteiger partial charge in [-0.05, 0) is 19.1 Å². The molecule has 0 spiro atoms. The molecule has 1 aliphatic carbocycles. The molecule has 2 atom stereocenters. The maximum absolute atomic E-state index is 15.2. The number of hydrogen-bond donors (Lipinski definition) is 2. The minimum Gasteiger partial charge on any atom is -0.494 e. The summed E-state index contributed by atoms with van der Waals surface area (Å²) in [6.45, 7) is 2.46. The van der Waals surface area contributed by atoms with E-state index in [4.69, 9.17) is 16.3 Å². The van der Waals surface area contributed by atoms with Crippen LogP contribution < -0.4 is 15.5 Å². The number of fused-ring (bicyclic) bond motifs is 1. The molecule has 1 aromatic carbocycles. The van der Waals surface area contributed by atoms with Gasteiger partial charge in [-0.3, -0.25) is 4.79 Å². The number of rotatable bonds is 6. The molecule has 31 heavy (non-hydrogen) atoms. The molecule has 1 fully saturated rings. The first-order chi connectivity index (χ1) is 14.8. The number of pyridine rings is 2. The molecule has 0 radical (unpaired) electrons. The first kappa shape index (κ1) is 21.0. The monoisotopic (exact) mass is 449 g/mol. The van der Waals surface area contributed by atoms with Gasteiger partial charge in [0.05, 0.1) is 34.6 Å². The van der Waals surface area contributed by atoms with E-state index in [0.29, 0.717) is 12.4 Å². The number of aromatic nitrogens is 2. The lowest BCUT2D eigenvalue weighted by atomic mass is 10.0. The van der Waals surface area contributed by atoms with Gasteiger partial charge in [-0.2, -0.15) is 0 Å². The van der Waals surface area contributed by atoms with Crippen molar-refractivity contribution < 1.29 is 23.4 Å². The van der Waals surface area contributed by atoms with Crippen LogP contribution in [-0.2, 0) is 0 Å². The summed E-state index contributed by atoms with van der Waals surface area (Å²) in [6.07, 6.45) is 1.43. The lowest BCUT2D eigenvalue weighted by Gasteiger charge is -2.18. The fourth-order valence-corrected chi connectivity index (χ4v) is 3.88. The summed E-state index contributed by atoms with van der Waals surface area (Å²) in [5.74, 6) is -1.90. The normalized spacial score (nSPS) is 17.6. The third kappa shape index (κ3) is 3.48. The van der Waals surface area contributed by atoms with Crippen molar-refractivity contribution >= 4 is 34.3 Å².